The SMILES string of the molecule is C=C(c1ccc(S(C)(=O)=O)cc1)c1nccs1. The Morgan fingerprint density at radius 1 is 1.29 bits per heavy atom. The van der Waals surface area contributed by atoms with E-state index in [1.807, 2.05) is 5.38 Å². The molecule has 17 heavy (non-hydrogen) atoms. The number of aromatic nitrogens is 1. The molecule has 0 saturated heterocycles. The van der Waals surface area contributed by atoms with Crippen molar-refractivity contribution in [1.29, 1.82) is 0 Å². The Hall–Kier alpha value is -1.46. The normalized spacial score (nSPS) is 11.4. The number of benzene rings is 1. The lowest BCUT2D eigenvalue weighted by Crippen LogP contribution is -1.96. The van der Waals surface area contributed by atoms with E-state index in [-0.39, 0.29) is 0 Å². The zero-order valence-electron chi connectivity index (χ0n) is 9.25. The van der Waals surface area contributed by atoms with Crippen LogP contribution in [0.4, 0.5) is 0 Å². The van der Waals surface area contributed by atoms with Gasteiger partial charge in [0.15, 0.2) is 9.84 Å². The molecule has 0 aliphatic heterocycles. The van der Waals surface area contributed by atoms with Gasteiger partial charge in [-0.2, -0.15) is 0 Å². The van der Waals surface area contributed by atoms with E-state index < -0.39 is 9.84 Å². The smallest absolute Gasteiger partial charge is 0.175 e. The van der Waals surface area contributed by atoms with Gasteiger partial charge in [-0.1, -0.05) is 18.7 Å². The van der Waals surface area contributed by atoms with Crippen LogP contribution >= 0.6 is 11.3 Å². The molecular formula is C12H11NO2S2. The first kappa shape index (κ1) is 12.0. The van der Waals surface area contributed by atoms with E-state index in [1.54, 1.807) is 30.5 Å². The molecule has 0 N–H and O–H groups in total. The average molecular weight is 265 g/mol. The van der Waals surface area contributed by atoms with Gasteiger partial charge in [0.05, 0.1) is 4.90 Å². The van der Waals surface area contributed by atoms with Crippen molar-refractivity contribution in [3.8, 4) is 0 Å². The molecule has 0 aliphatic rings. The van der Waals surface area contributed by atoms with Crippen LogP contribution in [0.25, 0.3) is 5.57 Å². The molecule has 0 radical (unpaired) electrons. The monoisotopic (exact) mass is 265 g/mol. The molecule has 0 aliphatic carbocycles. The zero-order chi connectivity index (χ0) is 12.5. The van der Waals surface area contributed by atoms with Crippen molar-refractivity contribution < 1.29 is 8.42 Å². The molecule has 0 spiro atoms. The van der Waals surface area contributed by atoms with Crippen LogP contribution in [0.15, 0.2) is 47.3 Å². The molecule has 1 heterocycles. The number of hydrogen-bond donors (Lipinski definition) is 0. The number of rotatable bonds is 3. The average Bonchev–Trinajstić information content (AvgIpc) is 2.80. The summed E-state index contributed by atoms with van der Waals surface area (Å²) < 4.78 is 22.6. The molecule has 0 atom stereocenters. The molecule has 0 amide bonds. The minimum atomic E-state index is -3.14. The Morgan fingerprint density at radius 3 is 2.41 bits per heavy atom. The molecule has 88 valence electrons. The Bertz CT molecular complexity index is 626. The lowest BCUT2D eigenvalue weighted by Gasteiger charge is -2.03. The molecule has 2 aromatic rings. The number of thiazole rings is 1. The van der Waals surface area contributed by atoms with Gasteiger partial charge >= 0.3 is 0 Å². The zero-order valence-corrected chi connectivity index (χ0v) is 10.9. The Kier molecular flexibility index (Phi) is 3.13. The first-order valence-electron chi connectivity index (χ1n) is 4.88. The maximum atomic E-state index is 11.3. The highest BCUT2D eigenvalue weighted by Gasteiger charge is 2.09. The fourth-order valence-electron chi connectivity index (χ4n) is 1.40. The van der Waals surface area contributed by atoms with Gasteiger partial charge in [-0.25, -0.2) is 13.4 Å². The summed E-state index contributed by atoms with van der Waals surface area (Å²) in [5.41, 5.74) is 1.69. The number of sulfone groups is 1. The third-order valence-corrected chi connectivity index (χ3v) is 4.28. The molecule has 1 aromatic carbocycles. The van der Waals surface area contributed by atoms with Crippen LogP contribution in [0.2, 0.25) is 0 Å². The number of nitrogens with zero attached hydrogens (tertiary/aromatic N) is 1. The van der Waals surface area contributed by atoms with Gasteiger partial charge in [-0.3, -0.25) is 0 Å². The largest absolute Gasteiger partial charge is 0.245 e. The van der Waals surface area contributed by atoms with Gasteiger partial charge in [0.2, 0.25) is 0 Å². The van der Waals surface area contributed by atoms with Crippen molar-refractivity contribution >= 4 is 26.7 Å². The maximum absolute atomic E-state index is 11.3. The first-order chi connectivity index (χ1) is 7.98. The molecule has 0 saturated carbocycles. The van der Waals surface area contributed by atoms with Crippen molar-refractivity contribution in [1.82, 2.24) is 4.98 Å². The molecule has 1 aromatic heterocycles. The van der Waals surface area contributed by atoms with E-state index in [0.29, 0.717) is 4.90 Å². The van der Waals surface area contributed by atoms with E-state index in [4.69, 9.17) is 0 Å². The van der Waals surface area contributed by atoms with E-state index in [1.165, 1.54) is 17.6 Å². The molecule has 3 nitrogen and oxygen atoms in total. The van der Waals surface area contributed by atoms with Crippen LogP contribution in [0.3, 0.4) is 0 Å². The summed E-state index contributed by atoms with van der Waals surface area (Å²) in [6.45, 7) is 3.96. The second kappa shape index (κ2) is 4.43. The second-order valence-electron chi connectivity index (χ2n) is 3.61. The van der Waals surface area contributed by atoms with E-state index in [2.05, 4.69) is 11.6 Å². The fraction of sp³-hybridized carbons (Fsp3) is 0.0833. The standard InChI is InChI=1S/C12H11NO2S2/c1-9(12-13-7-8-16-12)10-3-5-11(6-4-10)17(2,14)15/h3-8H,1H2,2H3. The Balaban J connectivity index is 2.34. The van der Waals surface area contributed by atoms with Gasteiger partial charge < -0.3 is 0 Å². The predicted octanol–water partition coefficient (Wildman–Crippen LogP) is 2.61. The highest BCUT2D eigenvalue weighted by molar-refractivity contribution is 7.90. The summed E-state index contributed by atoms with van der Waals surface area (Å²) >= 11 is 1.51. The van der Waals surface area contributed by atoms with Gasteiger partial charge in [0, 0.05) is 23.4 Å². The van der Waals surface area contributed by atoms with E-state index in [0.717, 1.165) is 16.1 Å². The lowest BCUT2D eigenvalue weighted by molar-refractivity contribution is 0.602. The van der Waals surface area contributed by atoms with E-state index >= 15 is 0 Å². The summed E-state index contributed by atoms with van der Waals surface area (Å²) in [6, 6.07) is 6.67. The van der Waals surface area contributed by atoms with Crippen molar-refractivity contribution in [2.45, 2.75) is 4.90 Å². The van der Waals surface area contributed by atoms with Crippen molar-refractivity contribution in [2.24, 2.45) is 0 Å². The van der Waals surface area contributed by atoms with Gasteiger partial charge in [-0.15, -0.1) is 11.3 Å². The molecule has 0 bridgehead atoms. The van der Waals surface area contributed by atoms with Gasteiger partial charge in [0.1, 0.15) is 5.01 Å². The molecule has 2 rings (SSSR count). The molecular weight excluding hydrogens is 254 g/mol. The first-order valence-corrected chi connectivity index (χ1v) is 7.65. The maximum Gasteiger partial charge on any atom is 0.175 e. The van der Waals surface area contributed by atoms with Crippen molar-refractivity contribution in [3.63, 3.8) is 0 Å². The fourth-order valence-corrected chi connectivity index (χ4v) is 2.66. The van der Waals surface area contributed by atoms with Crippen LogP contribution in [-0.4, -0.2) is 19.7 Å². The van der Waals surface area contributed by atoms with Crippen LogP contribution < -0.4 is 0 Å². The predicted molar refractivity (Wildman–Crippen MR) is 69.8 cm³/mol. The second-order valence-corrected chi connectivity index (χ2v) is 6.52. The summed E-state index contributed by atoms with van der Waals surface area (Å²) in [6.07, 6.45) is 2.91. The number of hydrogen-bond acceptors (Lipinski definition) is 4. The molecule has 0 unspecified atom stereocenters. The highest BCUT2D eigenvalue weighted by atomic mass is 32.2. The van der Waals surface area contributed by atoms with Crippen molar-refractivity contribution in [3.05, 3.63) is 53.0 Å². The third kappa shape index (κ3) is 2.62. The van der Waals surface area contributed by atoms with Gasteiger partial charge in [-0.05, 0) is 17.7 Å². The van der Waals surface area contributed by atoms with Crippen LogP contribution in [0.1, 0.15) is 10.6 Å². The topological polar surface area (TPSA) is 47.0 Å². The van der Waals surface area contributed by atoms with Crippen LogP contribution in [0, 0.1) is 0 Å². The van der Waals surface area contributed by atoms with Gasteiger partial charge in [0.25, 0.3) is 0 Å². The summed E-state index contributed by atoms with van der Waals surface area (Å²) in [5.74, 6) is 0. The summed E-state index contributed by atoms with van der Waals surface area (Å²) in [4.78, 5) is 4.48. The summed E-state index contributed by atoms with van der Waals surface area (Å²) in [5, 5.41) is 2.72. The quantitative estimate of drug-likeness (QED) is 0.857. The lowest BCUT2D eigenvalue weighted by atomic mass is 10.1. The minimum Gasteiger partial charge on any atom is -0.245 e. The minimum absolute atomic E-state index is 0.313. The molecule has 5 heteroatoms. The van der Waals surface area contributed by atoms with Crippen molar-refractivity contribution in [2.75, 3.05) is 6.26 Å². The van der Waals surface area contributed by atoms with Crippen LogP contribution in [-0.2, 0) is 9.84 Å². The van der Waals surface area contributed by atoms with Crippen LogP contribution in [0.5, 0.6) is 0 Å². The Morgan fingerprint density at radius 2 is 1.94 bits per heavy atom. The highest BCUT2D eigenvalue weighted by Crippen LogP contribution is 2.24. The van der Waals surface area contributed by atoms with E-state index in [9.17, 15) is 8.42 Å². The molecule has 0 fully saturated rings. The summed E-state index contributed by atoms with van der Waals surface area (Å²) in [7, 11) is -3.14. The third-order valence-electron chi connectivity index (χ3n) is 2.32. The Labute approximate surface area is 104 Å².